The topological polar surface area (TPSA) is 29.5 Å². The molecule has 88 valence electrons. The van der Waals surface area contributed by atoms with E-state index in [1.165, 1.54) is 12.7 Å². The number of allylic oxidation sites excluding steroid dienone is 1. The van der Waals surface area contributed by atoms with Gasteiger partial charge in [0.15, 0.2) is 0 Å². The van der Waals surface area contributed by atoms with Crippen LogP contribution in [0.1, 0.15) is 19.8 Å². The van der Waals surface area contributed by atoms with Crippen LogP contribution >= 0.6 is 0 Å². The standard InChI is InChI=1S/C13H19NO2/c1-3-14-8-7-11-10(9-14)5-4-6-12(11)13(15)16-2/h4,6,10H,3,5,7-9H2,1-2H3. The number of likely N-dealkylation sites (tertiary alicyclic amines) is 1. The van der Waals surface area contributed by atoms with E-state index in [1.807, 2.05) is 6.08 Å². The van der Waals surface area contributed by atoms with E-state index in [-0.39, 0.29) is 5.97 Å². The Morgan fingerprint density at radius 1 is 1.62 bits per heavy atom. The first-order chi connectivity index (χ1) is 7.76. The fourth-order valence-electron chi connectivity index (χ4n) is 2.62. The van der Waals surface area contributed by atoms with Crippen LogP contribution in [0.15, 0.2) is 23.3 Å². The van der Waals surface area contributed by atoms with Crippen LogP contribution in [0.2, 0.25) is 0 Å². The monoisotopic (exact) mass is 221 g/mol. The number of ether oxygens (including phenoxy) is 1. The Labute approximate surface area is 96.8 Å². The molecule has 0 aromatic heterocycles. The maximum Gasteiger partial charge on any atom is 0.337 e. The lowest BCUT2D eigenvalue weighted by molar-refractivity contribution is -0.135. The van der Waals surface area contributed by atoms with Crippen LogP contribution in [0.25, 0.3) is 0 Å². The maximum absolute atomic E-state index is 11.6. The van der Waals surface area contributed by atoms with E-state index in [2.05, 4.69) is 17.9 Å². The fraction of sp³-hybridized carbons (Fsp3) is 0.615. The molecule has 0 radical (unpaired) electrons. The van der Waals surface area contributed by atoms with Crippen molar-refractivity contribution < 1.29 is 9.53 Å². The largest absolute Gasteiger partial charge is 0.465 e. The van der Waals surface area contributed by atoms with Gasteiger partial charge in [-0.05, 0) is 30.9 Å². The number of nitrogens with zero attached hydrogens (tertiary/aromatic N) is 1. The lowest BCUT2D eigenvalue weighted by atomic mass is 9.82. The van der Waals surface area contributed by atoms with Gasteiger partial charge < -0.3 is 9.64 Å². The highest BCUT2D eigenvalue weighted by atomic mass is 16.5. The Bertz CT molecular complexity index is 344. The van der Waals surface area contributed by atoms with Gasteiger partial charge in [0.2, 0.25) is 0 Å². The van der Waals surface area contributed by atoms with E-state index in [9.17, 15) is 4.79 Å². The zero-order valence-electron chi connectivity index (χ0n) is 10.0. The minimum Gasteiger partial charge on any atom is -0.465 e. The zero-order valence-corrected chi connectivity index (χ0v) is 10.0. The van der Waals surface area contributed by atoms with Gasteiger partial charge in [0.1, 0.15) is 0 Å². The minimum atomic E-state index is -0.180. The van der Waals surface area contributed by atoms with E-state index >= 15 is 0 Å². The van der Waals surface area contributed by atoms with Crippen molar-refractivity contribution in [1.82, 2.24) is 4.90 Å². The molecule has 0 spiro atoms. The first kappa shape index (κ1) is 11.4. The molecule has 1 unspecified atom stereocenters. The summed E-state index contributed by atoms with van der Waals surface area (Å²) in [4.78, 5) is 14.1. The Morgan fingerprint density at radius 3 is 3.12 bits per heavy atom. The molecular formula is C13H19NO2. The van der Waals surface area contributed by atoms with Gasteiger partial charge in [0, 0.05) is 13.1 Å². The maximum atomic E-state index is 11.6. The lowest BCUT2D eigenvalue weighted by Crippen LogP contribution is -2.38. The number of carbonyl (C=O) groups is 1. The molecule has 0 bridgehead atoms. The van der Waals surface area contributed by atoms with Crippen molar-refractivity contribution in [2.75, 3.05) is 26.7 Å². The number of rotatable bonds is 2. The predicted molar refractivity (Wildman–Crippen MR) is 63.0 cm³/mol. The summed E-state index contributed by atoms with van der Waals surface area (Å²) in [6, 6.07) is 0. The molecule has 1 fully saturated rings. The first-order valence-corrected chi connectivity index (χ1v) is 5.96. The number of carbonyl (C=O) groups excluding carboxylic acids is 1. The van der Waals surface area contributed by atoms with Crippen LogP contribution in [-0.4, -0.2) is 37.6 Å². The summed E-state index contributed by atoms with van der Waals surface area (Å²) in [7, 11) is 1.45. The first-order valence-electron chi connectivity index (χ1n) is 5.96. The molecule has 0 saturated carbocycles. The summed E-state index contributed by atoms with van der Waals surface area (Å²) in [6.07, 6.45) is 6.10. The van der Waals surface area contributed by atoms with Gasteiger partial charge in [0.05, 0.1) is 12.7 Å². The highest BCUT2D eigenvalue weighted by Crippen LogP contribution is 2.32. The van der Waals surface area contributed by atoms with Gasteiger partial charge in [-0.25, -0.2) is 4.79 Å². The number of esters is 1. The molecule has 0 N–H and O–H groups in total. The Kier molecular flexibility index (Phi) is 3.44. The summed E-state index contributed by atoms with van der Waals surface area (Å²) in [5.74, 6) is 0.341. The molecule has 2 rings (SSSR count). The Morgan fingerprint density at radius 2 is 2.44 bits per heavy atom. The molecule has 1 heterocycles. The van der Waals surface area contributed by atoms with Crippen LogP contribution in [-0.2, 0) is 9.53 Å². The number of fused-ring (bicyclic) bond motifs is 1. The van der Waals surface area contributed by atoms with Gasteiger partial charge in [-0.1, -0.05) is 19.1 Å². The van der Waals surface area contributed by atoms with E-state index in [4.69, 9.17) is 4.74 Å². The summed E-state index contributed by atoms with van der Waals surface area (Å²) in [5, 5.41) is 0. The number of methoxy groups -OCH3 is 1. The van der Waals surface area contributed by atoms with Crippen molar-refractivity contribution in [2.45, 2.75) is 19.8 Å². The molecule has 3 nitrogen and oxygen atoms in total. The quantitative estimate of drug-likeness (QED) is 0.665. The Hall–Kier alpha value is -1.09. The van der Waals surface area contributed by atoms with Crippen molar-refractivity contribution in [3.8, 4) is 0 Å². The molecule has 0 aromatic rings. The average Bonchev–Trinajstić information content (AvgIpc) is 2.36. The van der Waals surface area contributed by atoms with Gasteiger partial charge >= 0.3 is 5.97 Å². The molecule has 1 aliphatic heterocycles. The van der Waals surface area contributed by atoms with E-state index in [0.717, 1.165) is 38.0 Å². The summed E-state index contributed by atoms with van der Waals surface area (Å²) in [6.45, 7) is 5.43. The van der Waals surface area contributed by atoms with Crippen LogP contribution in [0.5, 0.6) is 0 Å². The van der Waals surface area contributed by atoms with Gasteiger partial charge in [-0.2, -0.15) is 0 Å². The number of hydrogen-bond acceptors (Lipinski definition) is 3. The molecule has 3 heteroatoms. The molecule has 0 aromatic carbocycles. The van der Waals surface area contributed by atoms with E-state index in [0.29, 0.717) is 5.92 Å². The third-order valence-electron chi connectivity index (χ3n) is 3.57. The van der Waals surface area contributed by atoms with Crippen LogP contribution in [0.3, 0.4) is 0 Å². The predicted octanol–water partition coefficient (Wildman–Crippen LogP) is 1.76. The third kappa shape index (κ3) is 2.05. The second kappa shape index (κ2) is 4.83. The number of piperidine rings is 1. The van der Waals surface area contributed by atoms with Crippen molar-refractivity contribution in [1.29, 1.82) is 0 Å². The smallest absolute Gasteiger partial charge is 0.337 e. The highest BCUT2D eigenvalue weighted by Gasteiger charge is 2.28. The van der Waals surface area contributed by atoms with Crippen molar-refractivity contribution in [3.63, 3.8) is 0 Å². The van der Waals surface area contributed by atoms with Crippen LogP contribution in [0, 0.1) is 5.92 Å². The van der Waals surface area contributed by atoms with E-state index in [1.54, 1.807) is 0 Å². The summed E-state index contributed by atoms with van der Waals surface area (Å²) >= 11 is 0. The van der Waals surface area contributed by atoms with Gasteiger partial charge in [0.25, 0.3) is 0 Å². The van der Waals surface area contributed by atoms with Crippen molar-refractivity contribution in [2.24, 2.45) is 5.92 Å². The fourth-order valence-corrected chi connectivity index (χ4v) is 2.62. The molecule has 2 aliphatic rings. The van der Waals surface area contributed by atoms with Crippen LogP contribution < -0.4 is 0 Å². The van der Waals surface area contributed by atoms with Crippen LogP contribution in [0.4, 0.5) is 0 Å². The third-order valence-corrected chi connectivity index (χ3v) is 3.57. The van der Waals surface area contributed by atoms with Crippen molar-refractivity contribution in [3.05, 3.63) is 23.3 Å². The summed E-state index contributed by atoms with van der Waals surface area (Å²) < 4.78 is 4.83. The highest BCUT2D eigenvalue weighted by molar-refractivity contribution is 5.92. The molecule has 0 amide bonds. The molecular weight excluding hydrogens is 202 g/mol. The molecule has 1 saturated heterocycles. The van der Waals surface area contributed by atoms with Crippen molar-refractivity contribution >= 4 is 5.97 Å². The zero-order chi connectivity index (χ0) is 11.5. The minimum absolute atomic E-state index is 0.180. The second-order valence-corrected chi connectivity index (χ2v) is 4.41. The SMILES string of the molecule is CCN1CCC2=C(C(=O)OC)C=CCC2C1. The molecule has 16 heavy (non-hydrogen) atoms. The van der Waals surface area contributed by atoms with Gasteiger partial charge in [-0.15, -0.1) is 0 Å². The van der Waals surface area contributed by atoms with E-state index < -0.39 is 0 Å². The average molecular weight is 221 g/mol. The second-order valence-electron chi connectivity index (χ2n) is 4.41. The summed E-state index contributed by atoms with van der Waals surface area (Å²) in [5.41, 5.74) is 2.11. The Balaban J connectivity index is 2.21. The lowest BCUT2D eigenvalue weighted by Gasteiger charge is -2.36. The van der Waals surface area contributed by atoms with Gasteiger partial charge in [-0.3, -0.25) is 0 Å². The molecule has 1 atom stereocenters. The number of hydrogen-bond donors (Lipinski definition) is 0. The molecule has 1 aliphatic carbocycles. The normalized spacial score (nSPS) is 25.5.